The number of likely N-dealkylation sites (tertiary alicyclic amines) is 1. The average molecular weight is 981 g/mol. The highest BCUT2D eigenvalue weighted by atomic mass is 32.1. The molecule has 5 amide bonds. The van der Waals surface area contributed by atoms with E-state index in [9.17, 15) is 37.1 Å². The first-order chi connectivity index (χ1) is 32.4. The summed E-state index contributed by atoms with van der Waals surface area (Å²) in [5.74, 6) is -7.05. The summed E-state index contributed by atoms with van der Waals surface area (Å²) in [6.45, 7) is 7.51. The molecule has 0 spiro atoms. The third kappa shape index (κ3) is 10.9. The second-order valence-corrected chi connectivity index (χ2v) is 18.0. The molecular weight excluding hydrogens is 935 g/mol. The van der Waals surface area contributed by atoms with E-state index >= 15 is 13.2 Å². The van der Waals surface area contributed by atoms with E-state index in [1.807, 2.05) is 0 Å². The first-order valence-corrected chi connectivity index (χ1v) is 21.7. The molecule has 2 atom stereocenters. The Morgan fingerprint density at radius 3 is 2.30 bits per heavy atom. The van der Waals surface area contributed by atoms with Crippen molar-refractivity contribution in [1.29, 1.82) is 5.26 Å². The number of ether oxygens (including phenoxy) is 2. The van der Waals surface area contributed by atoms with E-state index < -0.39 is 98.8 Å². The summed E-state index contributed by atoms with van der Waals surface area (Å²) in [7, 11) is 0. The van der Waals surface area contributed by atoms with Gasteiger partial charge in [0, 0.05) is 30.3 Å². The number of hydrogen-bond donors (Lipinski definition) is 3. The third-order valence-corrected chi connectivity index (χ3v) is 11.8. The van der Waals surface area contributed by atoms with Crippen molar-refractivity contribution < 1.29 is 59.8 Å². The predicted molar refractivity (Wildman–Crippen MR) is 242 cm³/mol. The number of amides is 5. The molecule has 15 nitrogen and oxygen atoms in total. The maximum Gasteiger partial charge on any atom is 0.420 e. The standard InChI is InChI=1S/C47H46F6N8O7S/c1-45(2,3)39(42(65)59-16-6-7-33(59)41(64)57-22-25-8-10-26(11-9-25)40(55)63)58-35(62)24-67-17-18-68-34-15-13-27(19-30(34)48)38-31(49)20-29(23-56-38)61-44(69)60(43(66)46(61,4)5)32-14-12-28(21-54)36(37(32)50)47(51,52)53/h8-15,19-20,23,33,39H,6-7,16-18,22,24H2,1-5H3,(H2,55,63)(H,57,64)(H,58,62). The predicted octanol–water partition coefficient (Wildman–Crippen LogP) is 6.31. The molecule has 0 radical (unpaired) electrons. The monoisotopic (exact) mass is 980 g/mol. The number of carbonyl (C=O) groups excluding carboxylic acids is 5. The lowest BCUT2D eigenvalue weighted by Crippen LogP contribution is -2.58. The van der Waals surface area contributed by atoms with Gasteiger partial charge in [0.2, 0.25) is 23.6 Å². The molecule has 0 saturated carbocycles. The molecule has 2 saturated heterocycles. The zero-order valence-corrected chi connectivity index (χ0v) is 38.6. The fraction of sp³-hybridized carbons (Fsp3) is 0.362. The first-order valence-electron chi connectivity index (χ1n) is 21.3. The Morgan fingerprint density at radius 2 is 1.70 bits per heavy atom. The van der Waals surface area contributed by atoms with Crippen molar-refractivity contribution >= 4 is 58.2 Å². The molecule has 0 aliphatic carbocycles. The van der Waals surface area contributed by atoms with Crippen LogP contribution in [0.5, 0.6) is 5.75 Å². The molecule has 69 heavy (non-hydrogen) atoms. The number of hydrogen-bond acceptors (Lipinski definition) is 10. The van der Waals surface area contributed by atoms with Gasteiger partial charge in [0.1, 0.15) is 42.1 Å². The Morgan fingerprint density at radius 1 is 1.00 bits per heavy atom. The van der Waals surface area contributed by atoms with Crippen LogP contribution in [0.4, 0.5) is 37.7 Å². The lowest BCUT2D eigenvalue weighted by Gasteiger charge is -2.35. The van der Waals surface area contributed by atoms with Gasteiger partial charge in [-0.05, 0) is 92.4 Å². The topological polar surface area (TPSA) is 200 Å². The van der Waals surface area contributed by atoms with Crippen LogP contribution in [-0.4, -0.2) is 88.5 Å². The Kier molecular flexibility index (Phi) is 15.0. The SMILES string of the molecule is CC(C)(C)C(NC(=O)COCCOc1ccc(-c2ncc(N3C(=S)N(c4ccc(C#N)c(C(F)(F)F)c4F)C(=O)C3(C)C)cc2F)cc1F)C(=O)N1CCCC1C(=O)NCc1ccc(C(N)=O)cc1. The normalized spacial score (nSPS) is 16.3. The van der Waals surface area contributed by atoms with Crippen LogP contribution in [-0.2, 0) is 36.6 Å². The maximum absolute atomic E-state index is 15.7. The molecule has 2 fully saturated rings. The van der Waals surface area contributed by atoms with Crippen molar-refractivity contribution in [3.63, 3.8) is 0 Å². The lowest BCUT2D eigenvalue weighted by atomic mass is 9.85. The van der Waals surface area contributed by atoms with Gasteiger partial charge in [-0.1, -0.05) is 32.9 Å². The zero-order valence-electron chi connectivity index (χ0n) is 37.8. The molecule has 3 aromatic carbocycles. The van der Waals surface area contributed by atoms with Gasteiger partial charge >= 0.3 is 6.18 Å². The third-order valence-electron chi connectivity index (χ3n) is 11.4. The number of pyridine rings is 1. The highest BCUT2D eigenvalue weighted by molar-refractivity contribution is 7.81. The van der Waals surface area contributed by atoms with Crippen molar-refractivity contribution in [1.82, 2.24) is 20.5 Å². The van der Waals surface area contributed by atoms with Crippen LogP contribution in [0.1, 0.15) is 74.5 Å². The minimum Gasteiger partial charge on any atom is -0.488 e. The van der Waals surface area contributed by atoms with Gasteiger partial charge < -0.3 is 35.6 Å². The Labute approximate surface area is 397 Å². The molecule has 1 aromatic heterocycles. The van der Waals surface area contributed by atoms with Crippen molar-refractivity contribution in [3.05, 3.63) is 107 Å². The van der Waals surface area contributed by atoms with Crippen LogP contribution in [0, 0.1) is 34.2 Å². The van der Waals surface area contributed by atoms with Gasteiger partial charge in [0.05, 0.1) is 35.8 Å². The van der Waals surface area contributed by atoms with Crippen molar-refractivity contribution in [3.8, 4) is 23.1 Å². The summed E-state index contributed by atoms with van der Waals surface area (Å²) in [5.41, 5.74) is -0.375. The van der Waals surface area contributed by atoms with Gasteiger partial charge in [-0.15, -0.1) is 0 Å². The molecule has 0 bridgehead atoms. The fourth-order valence-corrected chi connectivity index (χ4v) is 8.38. The van der Waals surface area contributed by atoms with Crippen LogP contribution in [0.2, 0.25) is 0 Å². The van der Waals surface area contributed by atoms with Crippen LogP contribution >= 0.6 is 12.2 Å². The minimum absolute atomic E-state index is 0.0329. The van der Waals surface area contributed by atoms with E-state index in [4.69, 9.17) is 32.7 Å². The van der Waals surface area contributed by atoms with E-state index in [1.165, 1.54) is 36.9 Å². The van der Waals surface area contributed by atoms with Crippen molar-refractivity contribution in [2.24, 2.45) is 11.1 Å². The fourth-order valence-electron chi connectivity index (χ4n) is 7.87. The van der Waals surface area contributed by atoms with Gasteiger partial charge in [0.25, 0.3) is 5.91 Å². The Hall–Kier alpha value is -7.12. The number of rotatable bonds is 15. The minimum atomic E-state index is -5.29. The molecule has 4 aromatic rings. The summed E-state index contributed by atoms with van der Waals surface area (Å²) < 4.78 is 98.6. The largest absolute Gasteiger partial charge is 0.488 e. The molecule has 22 heteroatoms. The number of benzene rings is 3. The Bertz CT molecular complexity index is 2740. The van der Waals surface area contributed by atoms with Gasteiger partial charge in [-0.3, -0.25) is 33.9 Å². The van der Waals surface area contributed by atoms with Gasteiger partial charge in [-0.2, -0.15) is 18.4 Å². The summed E-state index contributed by atoms with van der Waals surface area (Å²) in [6.07, 6.45) is -3.20. The summed E-state index contributed by atoms with van der Waals surface area (Å²) in [4.78, 5) is 72.2. The number of nitrogens with two attached hydrogens (primary N) is 1. The summed E-state index contributed by atoms with van der Waals surface area (Å²) >= 11 is 5.41. The van der Waals surface area contributed by atoms with E-state index in [1.54, 1.807) is 45.0 Å². The maximum atomic E-state index is 15.7. The number of aromatic nitrogens is 1. The Balaban J connectivity index is 1.02. The lowest BCUT2D eigenvalue weighted by molar-refractivity contribution is -0.144. The molecular formula is C47H46F6N8O7S. The zero-order chi connectivity index (χ0) is 50.7. The summed E-state index contributed by atoms with van der Waals surface area (Å²) in [6, 6.07) is 11.8. The van der Waals surface area contributed by atoms with Crippen molar-refractivity contribution in [2.75, 3.05) is 36.2 Å². The van der Waals surface area contributed by atoms with Crippen LogP contribution in [0.3, 0.4) is 0 Å². The van der Waals surface area contributed by atoms with E-state index in [0.717, 1.165) is 34.9 Å². The van der Waals surface area contributed by atoms with Gasteiger partial charge in [-0.25, -0.2) is 13.2 Å². The first kappa shape index (κ1) is 51.3. The quantitative estimate of drug-likeness (QED) is 0.0686. The molecule has 4 N–H and O–H groups in total. The molecule has 2 aliphatic rings. The molecule has 2 unspecified atom stereocenters. The number of anilines is 2. The highest BCUT2D eigenvalue weighted by Crippen LogP contribution is 2.42. The second kappa shape index (κ2) is 20.2. The van der Waals surface area contributed by atoms with Crippen LogP contribution < -0.4 is 30.9 Å². The number of thiocarbonyl (C=S) groups is 1. The number of halogens is 6. The highest BCUT2D eigenvalue weighted by Gasteiger charge is 2.52. The van der Waals surface area contributed by atoms with Crippen molar-refractivity contribution in [2.45, 2.75) is 77.8 Å². The number of nitriles is 1. The van der Waals surface area contributed by atoms with E-state index in [2.05, 4.69) is 15.6 Å². The number of alkyl halides is 3. The molecule has 6 rings (SSSR count). The van der Waals surface area contributed by atoms with Gasteiger partial charge in [0.15, 0.2) is 28.3 Å². The molecule has 364 valence electrons. The number of carbonyl (C=O) groups is 5. The number of primary amides is 1. The number of nitrogens with zero attached hydrogens (tertiary/aromatic N) is 5. The summed E-state index contributed by atoms with van der Waals surface area (Å²) in [5, 5.41) is 14.2. The second-order valence-electron chi connectivity index (χ2n) is 17.7. The van der Waals surface area contributed by atoms with Crippen LogP contribution in [0.25, 0.3) is 11.3 Å². The average Bonchev–Trinajstić information content (AvgIpc) is 3.84. The molecule has 2 aliphatic heterocycles. The van der Waals surface area contributed by atoms with E-state index in [-0.39, 0.29) is 48.4 Å². The van der Waals surface area contributed by atoms with Crippen LogP contribution in [0.15, 0.2) is 66.9 Å². The molecule has 3 heterocycles. The smallest absolute Gasteiger partial charge is 0.420 e. The number of nitrogens with one attached hydrogen (secondary N) is 2. The van der Waals surface area contributed by atoms with E-state index in [0.29, 0.717) is 35.9 Å².